The van der Waals surface area contributed by atoms with Crippen LogP contribution in [0.5, 0.6) is 17.4 Å². The number of rotatable bonds is 7. The maximum absolute atomic E-state index is 6.04. The lowest BCUT2D eigenvalue weighted by Gasteiger charge is -2.23. The zero-order valence-electron chi connectivity index (χ0n) is 17.0. The van der Waals surface area contributed by atoms with E-state index >= 15 is 0 Å². The fourth-order valence-corrected chi connectivity index (χ4v) is 3.16. The first kappa shape index (κ1) is 19.6. The van der Waals surface area contributed by atoms with Crippen LogP contribution in [0.25, 0.3) is 0 Å². The Kier molecular flexibility index (Phi) is 5.70. The lowest BCUT2D eigenvalue weighted by Crippen LogP contribution is -2.25. The number of anilines is 2. The van der Waals surface area contributed by atoms with Crippen molar-refractivity contribution in [1.29, 1.82) is 0 Å². The number of methoxy groups -OCH3 is 2. The van der Waals surface area contributed by atoms with E-state index < -0.39 is 0 Å². The molecular weight excluding hydrogens is 380 g/mol. The molecule has 0 atom stereocenters. The van der Waals surface area contributed by atoms with Crippen LogP contribution in [-0.4, -0.2) is 30.9 Å². The van der Waals surface area contributed by atoms with Crippen LogP contribution in [0.2, 0.25) is 0 Å². The molecule has 0 bridgehead atoms. The fraction of sp³-hybridized carbons (Fsp3) is 0.174. The van der Waals surface area contributed by atoms with E-state index in [9.17, 15) is 0 Å². The highest BCUT2D eigenvalue weighted by Crippen LogP contribution is 2.37. The summed E-state index contributed by atoms with van der Waals surface area (Å²) in [5.41, 5.74) is 2.71. The van der Waals surface area contributed by atoms with Crippen molar-refractivity contribution in [3.8, 4) is 17.4 Å². The molecule has 0 N–H and O–H groups in total. The number of pyridine rings is 2. The van der Waals surface area contributed by atoms with Crippen molar-refractivity contribution in [2.45, 2.75) is 6.61 Å². The average Bonchev–Trinajstić information content (AvgIpc) is 3.29. The van der Waals surface area contributed by atoms with Crippen LogP contribution in [0.4, 0.5) is 11.5 Å². The predicted molar refractivity (Wildman–Crippen MR) is 116 cm³/mol. The summed E-state index contributed by atoms with van der Waals surface area (Å²) in [4.78, 5) is 12.8. The van der Waals surface area contributed by atoms with Gasteiger partial charge in [-0.1, -0.05) is 6.07 Å². The topological polar surface area (TPSA) is 60.0 Å². The number of aromatic nitrogens is 2. The molecule has 1 aliphatic rings. The zero-order valence-corrected chi connectivity index (χ0v) is 17.0. The lowest BCUT2D eigenvalue weighted by atomic mass is 10.1. The molecule has 0 saturated heterocycles. The largest absolute Gasteiger partial charge is 0.493 e. The molecule has 0 saturated carbocycles. The Bertz CT molecular complexity index is 1020. The van der Waals surface area contributed by atoms with Crippen molar-refractivity contribution >= 4 is 11.5 Å². The maximum Gasteiger partial charge on any atom is 0.212 e. The Morgan fingerprint density at radius 1 is 0.967 bits per heavy atom. The highest BCUT2D eigenvalue weighted by Gasteiger charge is 2.20. The summed E-state index contributed by atoms with van der Waals surface area (Å²) in [5.74, 6) is 2.73. The summed E-state index contributed by atoms with van der Waals surface area (Å²) in [6.07, 6.45) is 7.51. The Hall–Kier alpha value is -3.74. The second-order valence-corrected chi connectivity index (χ2v) is 6.70. The fourth-order valence-electron chi connectivity index (χ4n) is 3.16. The van der Waals surface area contributed by atoms with Gasteiger partial charge in [0.25, 0.3) is 0 Å². The van der Waals surface area contributed by atoms with E-state index in [1.165, 1.54) is 0 Å². The first-order chi connectivity index (χ1) is 14.7. The van der Waals surface area contributed by atoms with Gasteiger partial charge in [0.15, 0.2) is 11.5 Å². The lowest BCUT2D eigenvalue weighted by molar-refractivity contribution is 0.284. The monoisotopic (exact) mass is 403 g/mol. The first-order valence-corrected chi connectivity index (χ1v) is 9.46. The van der Waals surface area contributed by atoms with Crippen LogP contribution < -0.4 is 24.0 Å². The van der Waals surface area contributed by atoms with Crippen LogP contribution in [0.3, 0.4) is 0 Å². The molecule has 30 heavy (non-hydrogen) atoms. The molecule has 0 unspecified atom stereocenters. The van der Waals surface area contributed by atoms with Gasteiger partial charge < -0.3 is 24.0 Å². The first-order valence-electron chi connectivity index (χ1n) is 9.46. The van der Waals surface area contributed by atoms with Gasteiger partial charge in [-0.3, -0.25) is 0 Å². The van der Waals surface area contributed by atoms with Gasteiger partial charge >= 0.3 is 0 Å². The molecule has 3 aromatic rings. The number of hydrogen-bond donors (Lipinski definition) is 0. The smallest absolute Gasteiger partial charge is 0.212 e. The molecule has 1 aromatic carbocycles. The molecule has 0 fully saturated rings. The van der Waals surface area contributed by atoms with Crippen molar-refractivity contribution in [3.63, 3.8) is 0 Å². The van der Waals surface area contributed by atoms with Crippen molar-refractivity contribution in [3.05, 3.63) is 85.3 Å². The molecule has 7 nitrogen and oxygen atoms in total. The van der Waals surface area contributed by atoms with Crippen molar-refractivity contribution < 1.29 is 14.2 Å². The second kappa shape index (κ2) is 8.73. The van der Waals surface area contributed by atoms with Crippen LogP contribution in [0.1, 0.15) is 11.1 Å². The van der Waals surface area contributed by atoms with Gasteiger partial charge in [0.05, 0.1) is 14.2 Å². The third-order valence-corrected chi connectivity index (χ3v) is 4.75. The molecule has 3 heterocycles. The van der Waals surface area contributed by atoms with Gasteiger partial charge in [-0.15, -0.1) is 0 Å². The summed E-state index contributed by atoms with van der Waals surface area (Å²) in [6.45, 7) is 5.17. The maximum atomic E-state index is 6.04. The Balaban J connectivity index is 1.52. The predicted octanol–water partition coefficient (Wildman–Crippen LogP) is 4.01. The summed E-state index contributed by atoms with van der Waals surface area (Å²) >= 11 is 0. The van der Waals surface area contributed by atoms with Gasteiger partial charge in [0.1, 0.15) is 19.1 Å². The quantitative estimate of drug-likeness (QED) is 0.591. The molecule has 1 aliphatic heterocycles. The third kappa shape index (κ3) is 4.15. The van der Waals surface area contributed by atoms with Crippen LogP contribution in [0, 0.1) is 6.92 Å². The SMILES string of the molecule is [CH2]c1cc(OC)c(OCc2ccc(OC)nc2)cc1N1C=CN(c2ccccn2)C1. The Morgan fingerprint density at radius 2 is 1.83 bits per heavy atom. The summed E-state index contributed by atoms with van der Waals surface area (Å²) in [6, 6.07) is 13.4. The standard InChI is InChI=1S/C23H23N4O3/c1-17-12-20(28-2)21(30-15-18-7-8-23(29-3)25-14-18)13-19(17)26-10-11-27(16-26)22-6-4-5-9-24-22/h4-14H,1,15-16H2,2-3H3. The van der Waals surface area contributed by atoms with E-state index in [-0.39, 0.29) is 0 Å². The molecule has 153 valence electrons. The van der Waals surface area contributed by atoms with Crippen LogP contribution in [0.15, 0.2) is 67.3 Å². The van der Waals surface area contributed by atoms with Gasteiger partial charge in [-0.05, 0) is 36.8 Å². The van der Waals surface area contributed by atoms with Gasteiger partial charge in [0.2, 0.25) is 5.88 Å². The zero-order chi connectivity index (χ0) is 20.9. The van der Waals surface area contributed by atoms with Crippen LogP contribution >= 0.6 is 0 Å². The second-order valence-electron chi connectivity index (χ2n) is 6.70. The van der Waals surface area contributed by atoms with E-state index in [0.717, 1.165) is 22.6 Å². The average molecular weight is 403 g/mol. The van der Waals surface area contributed by atoms with Crippen molar-refractivity contribution in [1.82, 2.24) is 9.97 Å². The van der Waals surface area contributed by atoms with Gasteiger partial charge in [0, 0.05) is 48.2 Å². The Morgan fingerprint density at radius 3 is 2.53 bits per heavy atom. The van der Waals surface area contributed by atoms with Crippen molar-refractivity contribution in [2.75, 3.05) is 30.7 Å². The van der Waals surface area contributed by atoms with Crippen LogP contribution in [-0.2, 0) is 6.61 Å². The summed E-state index contributed by atoms with van der Waals surface area (Å²) in [7, 11) is 3.21. The Labute approximate surface area is 176 Å². The van der Waals surface area contributed by atoms with E-state index in [0.29, 0.717) is 30.7 Å². The summed E-state index contributed by atoms with van der Waals surface area (Å²) in [5, 5.41) is 0. The molecule has 0 spiro atoms. The number of ether oxygens (including phenoxy) is 3. The van der Waals surface area contributed by atoms with E-state index in [4.69, 9.17) is 14.2 Å². The molecule has 4 rings (SSSR count). The molecule has 1 radical (unpaired) electrons. The number of benzene rings is 1. The van der Waals surface area contributed by atoms with Crippen molar-refractivity contribution in [2.24, 2.45) is 0 Å². The minimum atomic E-state index is 0.360. The summed E-state index contributed by atoms with van der Waals surface area (Å²) < 4.78 is 16.6. The highest BCUT2D eigenvalue weighted by atomic mass is 16.5. The molecule has 7 heteroatoms. The minimum absolute atomic E-state index is 0.360. The third-order valence-electron chi connectivity index (χ3n) is 4.75. The van der Waals surface area contributed by atoms with E-state index in [1.807, 2.05) is 54.9 Å². The molecular formula is C23H23N4O3. The van der Waals surface area contributed by atoms with E-state index in [2.05, 4.69) is 26.7 Å². The number of hydrogen-bond acceptors (Lipinski definition) is 7. The molecule has 2 aromatic heterocycles. The molecule has 0 aliphatic carbocycles. The van der Waals surface area contributed by atoms with Gasteiger partial charge in [-0.2, -0.15) is 0 Å². The van der Waals surface area contributed by atoms with Gasteiger partial charge in [-0.25, -0.2) is 9.97 Å². The minimum Gasteiger partial charge on any atom is -0.493 e. The normalized spacial score (nSPS) is 12.9. The number of nitrogens with zero attached hydrogens (tertiary/aromatic N) is 4. The highest BCUT2D eigenvalue weighted by molar-refractivity contribution is 5.66. The molecule has 0 amide bonds. The van der Waals surface area contributed by atoms with E-state index in [1.54, 1.807) is 26.6 Å².